The molecule has 28 nitrogen and oxygen atoms in total. The van der Waals surface area contributed by atoms with Crippen molar-refractivity contribution in [2.45, 2.75) is 234 Å². The molecule has 0 N–H and O–H groups in total. The van der Waals surface area contributed by atoms with Gasteiger partial charge in [0.2, 0.25) is 0 Å². The van der Waals surface area contributed by atoms with Crippen LogP contribution in [-0.4, -0.2) is 150 Å². The standard InChI is InChI=1S/2C9H7N.4C8H6N2.C5H5N.C5H6.3C4H4N2.2C4H5N.3C3H3N3.16C2H6/c2*1-2-4-9-7-10-6-5-8(9)3-1;1-2-4-8-7(3-1)5-9-6-10-8;1-2-4-8-6-10-9-5-7(8)3-1;1-2-4-8-7(3-1)9-5-6-10-8;1-2-4-8-7(3-1)5-6-9-10-8;1-2-4-6-5-3-1;1-2-4-5-3-1;1-2-6-4-3-5-1;1-2-5-4-6-3-1;1-2-4-6-5-3-1;2*1-2-4-5-3-1;1-4-2-6-3-5-1;1-2-5-6-3-4-1;1-2-4-6-5-3-1;16*1-2/h2*1-7H;4*1-6H;1-5H;1-4H,5H2;3*1-4H;1,3-4H,2H2;1-3H,4H2;3*1-3H;16*1-2H3. The summed E-state index contributed by atoms with van der Waals surface area (Å²) in [6.07, 6.45) is 71.5. The fourth-order valence-electron chi connectivity index (χ4n) is 8.44. The molecule has 22 rings (SSSR count). The van der Waals surface area contributed by atoms with E-state index in [4.69, 9.17) is 0 Å². The highest BCUT2D eigenvalue weighted by Crippen LogP contribution is 2.13. The van der Waals surface area contributed by atoms with Crippen molar-refractivity contribution in [3.63, 3.8) is 0 Å². The Kier molecular flexibility index (Phi) is 148. The second-order valence-corrected chi connectivity index (χ2v) is 21.9. The third-order valence-corrected chi connectivity index (χ3v) is 13.7. The molecule has 19 aromatic rings. The Morgan fingerprint density at radius 3 is 0.805 bits per heavy atom. The SMILES string of the molecule is C1=CCC=C1.C1=CCN=C1.C1=CN=CC1.CC.CC.CC.CC.CC.CC.CC.CC.CC.CC.CC.CC.CC.CC.CC.CC.c1ccc2cnccc2c1.c1ccc2cnccc2c1.c1ccc2cnncc2c1.c1ccc2nccnc2c1.c1ccc2ncncc2c1.c1ccc2nnccc2c1.c1ccncc1.c1ccnnc1.c1cnccn1.c1cncnc1.c1cnncn1.c1cnnnc1.c1ncncn1. The van der Waals surface area contributed by atoms with Crippen LogP contribution in [0.5, 0.6) is 0 Å². The number of rotatable bonds is 0. The Morgan fingerprint density at radius 1 is 0.181 bits per heavy atom. The molecule has 0 radical (unpaired) electrons. The van der Waals surface area contributed by atoms with Gasteiger partial charge in [-0.05, 0) is 118 Å². The summed E-state index contributed by atoms with van der Waals surface area (Å²) >= 11 is 0. The minimum atomic E-state index is 0.889. The zero-order valence-electron chi connectivity index (χ0n) is 95.4. The maximum atomic E-state index is 4.12. The summed E-state index contributed by atoms with van der Waals surface area (Å²) in [7, 11) is 0. The number of aromatic nitrogens is 26. The Labute approximate surface area is 895 Å². The van der Waals surface area contributed by atoms with Crippen molar-refractivity contribution in [2.24, 2.45) is 9.98 Å². The molecule has 0 saturated carbocycles. The Bertz CT molecular complexity index is 4240. The van der Waals surface area contributed by atoms with Crippen LogP contribution in [0, 0.1) is 0 Å². The van der Waals surface area contributed by atoms with Gasteiger partial charge in [-0.2, -0.15) is 35.7 Å². The molecule has 13 aromatic heterocycles. The van der Waals surface area contributed by atoms with E-state index in [1.165, 1.54) is 59.4 Å². The van der Waals surface area contributed by atoms with E-state index < -0.39 is 0 Å². The van der Waals surface area contributed by atoms with Gasteiger partial charge in [-0.1, -0.05) is 385 Å². The Hall–Kier alpha value is -16.8. The van der Waals surface area contributed by atoms with Crippen LogP contribution in [0.25, 0.3) is 65.2 Å². The summed E-state index contributed by atoms with van der Waals surface area (Å²) in [4.78, 5) is 64.7. The molecule has 28 heteroatoms. The maximum absolute atomic E-state index is 4.12. The number of pyridine rings is 3. The molecular weight excluding hydrogens is 1850 g/mol. The second-order valence-electron chi connectivity index (χ2n) is 21.9. The Balaban J connectivity index is -0.000000171. The molecule has 0 atom stereocenters. The summed E-state index contributed by atoms with van der Waals surface area (Å²) < 4.78 is 0. The molecule has 15 heterocycles. The number of aliphatic imine (C=N–C) groups is 2. The van der Waals surface area contributed by atoms with Crippen molar-refractivity contribution in [3.05, 3.63) is 442 Å². The van der Waals surface area contributed by atoms with Gasteiger partial charge < -0.3 is 0 Å². The summed E-state index contributed by atoms with van der Waals surface area (Å²) in [5, 5.41) is 48.7. The van der Waals surface area contributed by atoms with Crippen molar-refractivity contribution in [1.29, 1.82) is 0 Å². The molecular formula is C121H176N28. The minimum Gasteiger partial charge on any atom is -0.289 e. The zero-order valence-corrected chi connectivity index (χ0v) is 95.4. The lowest BCUT2D eigenvalue weighted by Gasteiger charge is -1.91. The Morgan fingerprint density at radius 2 is 0.537 bits per heavy atom. The quantitative estimate of drug-likeness (QED) is 0.136. The number of fused-ring (bicyclic) bond motifs is 6. The van der Waals surface area contributed by atoms with E-state index in [2.05, 4.69) is 190 Å². The first kappa shape index (κ1) is 152. The lowest BCUT2D eigenvalue weighted by molar-refractivity contribution is 0.865. The van der Waals surface area contributed by atoms with Gasteiger partial charge in [-0.15, -0.1) is 15.3 Å². The molecule has 2 aliphatic heterocycles. The molecule has 0 bridgehead atoms. The molecule has 6 aromatic carbocycles. The lowest BCUT2D eigenvalue weighted by Crippen LogP contribution is -1.79. The molecule has 0 spiro atoms. The van der Waals surface area contributed by atoms with Crippen LogP contribution in [0.4, 0.5) is 0 Å². The lowest BCUT2D eigenvalue weighted by atomic mass is 10.2. The topological polar surface area (TPSA) is 360 Å². The first-order valence-corrected chi connectivity index (χ1v) is 51.8. The summed E-state index contributed by atoms with van der Waals surface area (Å²) in [5.41, 5.74) is 3.84. The van der Waals surface area contributed by atoms with Gasteiger partial charge in [0.1, 0.15) is 38.0 Å². The predicted molar refractivity (Wildman–Crippen MR) is 641 cm³/mol. The third-order valence-electron chi connectivity index (χ3n) is 13.7. The van der Waals surface area contributed by atoms with E-state index in [1.807, 2.05) is 447 Å². The van der Waals surface area contributed by atoms with Crippen molar-refractivity contribution in [3.8, 4) is 0 Å². The van der Waals surface area contributed by atoms with Crippen molar-refractivity contribution < 1.29 is 0 Å². The van der Waals surface area contributed by atoms with Gasteiger partial charge in [-0.25, -0.2) is 39.9 Å². The van der Waals surface area contributed by atoms with Crippen LogP contribution < -0.4 is 0 Å². The number of hydrogen-bond acceptors (Lipinski definition) is 28. The monoisotopic (exact) mass is 2020 g/mol. The number of hydrogen-bond donors (Lipinski definition) is 0. The zero-order chi connectivity index (χ0) is 113. The molecule has 0 unspecified atom stereocenters. The number of nitrogens with zero attached hydrogens (tertiary/aromatic N) is 28. The predicted octanol–water partition coefficient (Wildman–Crippen LogP) is 32.6. The van der Waals surface area contributed by atoms with E-state index in [0.717, 1.165) is 63.0 Å². The first-order valence-electron chi connectivity index (χ1n) is 51.8. The van der Waals surface area contributed by atoms with E-state index in [0.29, 0.717) is 0 Å². The van der Waals surface area contributed by atoms with E-state index in [-0.39, 0.29) is 0 Å². The molecule has 1 aliphatic carbocycles. The van der Waals surface area contributed by atoms with Crippen molar-refractivity contribution in [2.75, 3.05) is 6.54 Å². The number of para-hydroxylation sites is 3. The minimum absolute atomic E-state index is 0.889. The van der Waals surface area contributed by atoms with Crippen LogP contribution in [0.15, 0.2) is 452 Å². The van der Waals surface area contributed by atoms with E-state index in [9.17, 15) is 0 Å². The maximum Gasteiger partial charge on any atom is 0.138 e. The summed E-state index contributed by atoms with van der Waals surface area (Å²) in [5.74, 6) is 0. The van der Waals surface area contributed by atoms with Gasteiger partial charge in [0.25, 0.3) is 0 Å². The largest absolute Gasteiger partial charge is 0.289 e. The van der Waals surface area contributed by atoms with Gasteiger partial charge in [-0.3, -0.25) is 44.9 Å². The van der Waals surface area contributed by atoms with E-state index in [1.54, 1.807) is 142 Å². The molecule has 0 amide bonds. The third kappa shape index (κ3) is 99.7. The van der Waals surface area contributed by atoms with Gasteiger partial charge >= 0.3 is 0 Å². The van der Waals surface area contributed by atoms with E-state index >= 15 is 0 Å². The average Bonchev–Trinajstić information content (AvgIpc) is 1.40. The number of allylic oxidation sites excluding steroid dienone is 6. The van der Waals surface area contributed by atoms with Crippen LogP contribution in [-0.2, 0) is 0 Å². The highest BCUT2D eigenvalue weighted by molar-refractivity contribution is 5.83. The average molecular weight is 2020 g/mol. The second kappa shape index (κ2) is 144. The molecule has 0 fully saturated rings. The molecule has 800 valence electrons. The van der Waals surface area contributed by atoms with Crippen LogP contribution in [0.3, 0.4) is 0 Å². The van der Waals surface area contributed by atoms with Gasteiger partial charge in [0.15, 0.2) is 0 Å². The van der Waals surface area contributed by atoms with Crippen LogP contribution in [0.1, 0.15) is 234 Å². The summed E-state index contributed by atoms with van der Waals surface area (Å²) in [6.45, 7) is 64.9. The van der Waals surface area contributed by atoms with Crippen molar-refractivity contribution >= 4 is 77.6 Å². The highest BCUT2D eigenvalue weighted by atomic mass is 15.3. The first-order chi connectivity index (χ1) is 74.3. The van der Waals surface area contributed by atoms with Crippen molar-refractivity contribution in [1.82, 2.24) is 131 Å². The fraction of sp³-hybridized carbons (Fsp3) is 0.289. The molecule has 149 heavy (non-hydrogen) atoms. The van der Waals surface area contributed by atoms with Gasteiger partial charge in [0.05, 0.1) is 65.8 Å². The normalized spacial score (nSPS) is 8.70. The molecule has 0 saturated heterocycles. The fourth-order valence-corrected chi connectivity index (χ4v) is 8.44. The highest BCUT2D eigenvalue weighted by Gasteiger charge is 1.93. The summed E-state index contributed by atoms with van der Waals surface area (Å²) in [6, 6.07) is 66.8. The van der Waals surface area contributed by atoms with Gasteiger partial charge in [0, 0.05) is 158 Å². The number of benzene rings is 6. The molecule has 3 aliphatic rings. The van der Waals surface area contributed by atoms with Crippen LogP contribution >= 0.6 is 0 Å². The van der Waals surface area contributed by atoms with Crippen LogP contribution in [0.2, 0.25) is 0 Å². The smallest absolute Gasteiger partial charge is 0.138 e.